The van der Waals surface area contributed by atoms with Gasteiger partial charge in [0.1, 0.15) is 12.4 Å². The lowest BCUT2D eigenvalue weighted by Crippen LogP contribution is -2.12. The Hall–Kier alpha value is -1.87. The highest BCUT2D eigenvalue weighted by Crippen LogP contribution is 2.19. The summed E-state index contributed by atoms with van der Waals surface area (Å²) in [6.07, 6.45) is 0. The van der Waals surface area contributed by atoms with Crippen LogP contribution in [0.4, 0.5) is 11.4 Å². The molecule has 0 bridgehead atoms. The lowest BCUT2D eigenvalue weighted by atomic mass is 10.3. The summed E-state index contributed by atoms with van der Waals surface area (Å²) in [6, 6.07) is 15.0. The number of para-hydroxylation sites is 2. The van der Waals surface area contributed by atoms with Crippen LogP contribution < -0.4 is 15.8 Å². The minimum absolute atomic E-state index is 0.552. The van der Waals surface area contributed by atoms with Gasteiger partial charge in [0.05, 0.1) is 5.69 Å². The molecule has 0 heterocycles. The number of ether oxygens (including phenoxy) is 1. The smallest absolute Gasteiger partial charge is 0.142 e. The average Bonchev–Trinajstić information content (AvgIpc) is 2.39. The Kier molecular flexibility index (Phi) is 4.31. The van der Waals surface area contributed by atoms with Gasteiger partial charge in [-0.15, -0.1) is 0 Å². The summed E-state index contributed by atoms with van der Waals surface area (Å²) < 4.78 is 5.57. The van der Waals surface area contributed by atoms with Crippen molar-refractivity contribution in [1.82, 2.24) is 0 Å². The topological polar surface area (TPSA) is 47.3 Å². The predicted octanol–water partition coefficient (Wildman–Crippen LogP) is 3.41. The molecule has 2 rings (SSSR count). The highest BCUT2D eigenvalue weighted by molar-refractivity contribution is 6.30. The Bertz CT molecular complexity index is 499. The summed E-state index contributed by atoms with van der Waals surface area (Å²) >= 11 is 5.80. The lowest BCUT2D eigenvalue weighted by Gasteiger charge is -2.10. The number of hydrogen-bond donors (Lipinski definition) is 2. The zero-order valence-corrected chi connectivity index (χ0v) is 10.7. The van der Waals surface area contributed by atoms with E-state index in [1.165, 1.54) is 0 Å². The molecule has 0 aliphatic heterocycles. The molecule has 18 heavy (non-hydrogen) atoms. The third-order valence-electron chi connectivity index (χ3n) is 2.45. The molecule has 3 N–H and O–H groups in total. The number of halogens is 1. The van der Waals surface area contributed by atoms with Crippen LogP contribution in [0.2, 0.25) is 5.02 Å². The maximum Gasteiger partial charge on any atom is 0.142 e. The molecule has 0 aliphatic carbocycles. The summed E-state index contributed by atoms with van der Waals surface area (Å²) in [5.74, 6) is 0.718. The van der Waals surface area contributed by atoms with Crippen molar-refractivity contribution in [2.75, 3.05) is 24.2 Å². The Balaban J connectivity index is 1.76. The van der Waals surface area contributed by atoms with Crippen LogP contribution >= 0.6 is 11.6 Å². The number of hydrogen-bond acceptors (Lipinski definition) is 3. The van der Waals surface area contributed by atoms with Gasteiger partial charge in [0.15, 0.2) is 0 Å². The summed E-state index contributed by atoms with van der Waals surface area (Å²) in [5.41, 5.74) is 7.44. The molecule has 94 valence electrons. The molecule has 0 fully saturated rings. The van der Waals surface area contributed by atoms with Gasteiger partial charge in [-0.2, -0.15) is 0 Å². The molecule has 0 radical (unpaired) electrons. The molecule has 0 spiro atoms. The quantitative estimate of drug-likeness (QED) is 0.641. The first-order valence-corrected chi connectivity index (χ1v) is 6.10. The number of nitrogen functional groups attached to an aromatic ring is 1. The van der Waals surface area contributed by atoms with E-state index in [-0.39, 0.29) is 0 Å². The van der Waals surface area contributed by atoms with E-state index in [0.717, 1.165) is 16.5 Å². The Labute approximate surface area is 112 Å². The molecular formula is C14H15ClN2O. The van der Waals surface area contributed by atoms with Crippen LogP contribution in [-0.4, -0.2) is 13.2 Å². The molecule has 0 saturated carbocycles. The molecular weight excluding hydrogens is 248 g/mol. The van der Waals surface area contributed by atoms with Gasteiger partial charge < -0.3 is 15.8 Å². The maximum atomic E-state index is 5.80. The molecule has 2 aromatic rings. The summed E-state index contributed by atoms with van der Waals surface area (Å²) in [5, 5.41) is 3.97. The van der Waals surface area contributed by atoms with Crippen molar-refractivity contribution in [3.63, 3.8) is 0 Å². The van der Waals surface area contributed by atoms with Crippen molar-refractivity contribution < 1.29 is 4.74 Å². The Morgan fingerprint density at radius 1 is 1.06 bits per heavy atom. The van der Waals surface area contributed by atoms with Gasteiger partial charge in [-0.3, -0.25) is 0 Å². The van der Waals surface area contributed by atoms with E-state index in [4.69, 9.17) is 22.1 Å². The fourth-order valence-electron chi connectivity index (χ4n) is 1.54. The first-order valence-electron chi connectivity index (χ1n) is 5.72. The molecule has 2 aromatic carbocycles. The van der Waals surface area contributed by atoms with Crippen LogP contribution in [-0.2, 0) is 0 Å². The largest absolute Gasteiger partial charge is 0.490 e. The van der Waals surface area contributed by atoms with E-state index in [2.05, 4.69) is 5.32 Å². The fraction of sp³-hybridized carbons (Fsp3) is 0.143. The highest BCUT2D eigenvalue weighted by atomic mass is 35.5. The second-order valence-corrected chi connectivity index (χ2v) is 4.26. The molecule has 0 amide bonds. The van der Waals surface area contributed by atoms with Crippen molar-refractivity contribution in [2.24, 2.45) is 0 Å². The highest BCUT2D eigenvalue weighted by Gasteiger charge is 1.98. The van der Waals surface area contributed by atoms with Crippen LogP contribution in [0.25, 0.3) is 0 Å². The average molecular weight is 263 g/mol. The van der Waals surface area contributed by atoms with E-state index < -0.39 is 0 Å². The second kappa shape index (κ2) is 6.17. The molecule has 0 aromatic heterocycles. The van der Waals surface area contributed by atoms with Crippen molar-refractivity contribution >= 4 is 23.0 Å². The summed E-state index contributed by atoms with van der Waals surface area (Å²) in [6.45, 7) is 1.26. The number of benzene rings is 2. The van der Waals surface area contributed by atoms with Gasteiger partial charge in [0.2, 0.25) is 0 Å². The zero-order valence-electron chi connectivity index (χ0n) is 9.90. The van der Waals surface area contributed by atoms with Gasteiger partial charge in [0.25, 0.3) is 0 Å². The first kappa shape index (κ1) is 12.6. The number of nitrogens with two attached hydrogens (primary N) is 1. The number of rotatable bonds is 5. The molecule has 3 nitrogen and oxygen atoms in total. The van der Waals surface area contributed by atoms with Gasteiger partial charge in [0, 0.05) is 17.3 Å². The standard InChI is InChI=1S/C14H15ClN2O/c15-11-5-7-12(8-6-11)17-9-10-18-14-4-2-1-3-13(14)16/h1-8,17H,9-10,16H2. The SMILES string of the molecule is Nc1ccccc1OCCNc1ccc(Cl)cc1. The third kappa shape index (κ3) is 3.57. The van der Waals surface area contributed by atoms with Crippen molar-refractivity contribution in [1.29, 1.82) is 0 Å². The van der Waals surface area contributed by atoms with Gasteiger partial charge in [-0.25, -0.2) is 0 Å². The summed E-state index contributed by atoms with van der Waals surface area (Å²) in [7, 11) is 0. The van der Waals surface area contributed by atoms with Gasteiger partial charge in [-0.05, 0) is 36.4 Å². The first-order chi connectivity index (χ1) is 8.75. The second-order valence-electron chi connectivity index (χ2n) is 3.82. The molecule has 0 unspecified atom stereocenters. The van der Waals surface area contributed by atoms with E-state index in [9.17, 15) is 0 Å². The van der Waals surface area contributed by atoms with Crippen molar-refractivity contribution in [2.45, 2.75) is 0 Å². The van der Waals surface area contributed by atoms with Crippen LogP contribution in [0.15, 0.2) is 48.5 Å². The van der Waals surface area contributed by atoms with Crippen molar-refractivity contribution in [3.8, 4) is 5.75 Å². The third-order valence-corrected chi connectivity index (χ3v) is 2.70. The number of nitrogens with one attached hydrogen (secondary N) is 1. The lowest BCUT2D eigenvalue weighted by molar-refractivity contribution is 0.334. The Morgan fingerprint density at radius 3 is 2.50 bits per heavy atom. The van der Waals surface area contributed by atoms with E-state index in [1.54, 1.807) is 0 Å². The maximum absolute atomic E-state index is 5.80. The van der Waals surface area contributed by atoms with Crippen molar-refractivity contribution in [3.05, 3.63) is 53.6 Å². The van der Waals surface area contributed by atoms with Crippen LogP contribution in [0.5, 0.6) is 5.75 Å². The monoisotopic (exact) mass is 262 g/mol. The Morgan fingerprint density at radius 2 is 1.78 bits per heavy atom. The van der Waals surface area contributed by atoms with E-state index >= 15 is 0 Å². The normalized spacial score (nSPS) is 10.1. The molecule has 0 atom stereocenters. The minimum Gasteiger partial charge on any atom is -0.490 e. The van der Waals surface area contributed by atoms with E-state index in [1.807, 2.05) is 48.5 Å². The van der Waals surface area contributed by atoms with Crippen LogP contribution in [0.3, 0.4) is 0 Å². The van der Waals surface area contributed by atoms with E-state index in [0.29, 0.717) is 18.8 Å². The predicted molar refractivity (Wildman–Crippen MR) is 76.3 cm³/mol. The van der Waals surface area contributed by atoms with Gasteiger partial charge in [-0.1, -0.05) is 23.7 Å². The molecule has 4 heteroatoms. The zero-order chi connectivity index (χ0) is 12.8. The van der Waals surface area contributed by atoms with Crippen LogP contribution in [0, 0.1) is 0 Å². The molecule has 0 aliphatic rings. The number of anilines is 2. The summed E-state index contributed by atoms with van der Waals surface area (Å²) in [4.78, 5) is 0. The van der Waals surface area contributed by atoms with Crippen LogP contribution in [0.1, 0.15) is 0 Å². The van der Waals surface area contributed by atoms with Gasteiger partial charge >= 0.3 is 0 Å². The fourth-order valence-corrected chi connectivity index (χ4v) is 1.66. The molecule has 0 saturated heterocycles. The minimum atomic E-state index is 0.552.